The summed E-state index contributed by atoms with van der Waals surface area (Å²) in [6.45, 7) is 0. The Kier molecular flexibility index (Phi) is 3.87. The maximum absolute atomic E-state index is 5.92. The fourth-order valence-corrected chi connectivity index (χ4v) is 3.83. The summed E-state index contributed by atoms with van der Waals surface area (Å²) in [4.78, 5) is 16.5. The van der Waals surface area contributed by atoms with E-state index in [0.717, 1.165) is 64.7 Å². The van der Waals surface area contributed by atoms with Gasteiger partial charge in [-0.15, -0.1) is 0 Å². The maximum Gasteiger partial charge on any atom is 0.220 e. The number of hydrogen-bond donors (Lipinski definition) is 2. The summed E-state index contributed by atoms with van der Waals surface area (Å²) in [5, 5.41) is 1.13. The first-order valence-electron chi connectivity index (χ1n) is 9.44. The number of hydrogen-bond acceptors (Lipinski definition) is 4. The van der Waals surface area contributed by atoms with Gasteiger partial charge in [0.25, 0.3) is 0 Å². The third kappa shape index (κ3) is 2.81. The Morgan fingerprint density at radius 1 is 1.14 bits per heavy atom. The number of nitrogens with one attached hydrogen (secondary N) is 1. The van der Waals surface area contributed by atoms with Crippen molar-refractivity contribution in [3.63, 3.8) is 0 Å². The Balaban J connectivity index is 1.69. The molecule has 3 aromatic heterocycles. The molecule has 0 radical (unpaired) electrons. The molecule has 6 nitrogen and oxygen atoms in total. The Hall–Kier alpha value is -3.59. The number of aromatic nitrogens is 5. The summed E-state index contributed by atoms with van der Waals surface area (Å²) >= 11 is 0. The molecule has 0 spiro atoms. The molecule has 0 atom stereocenters. The Morgan fingerprint density at radius 2 is 2.04 bits per heavy atom. The molecule has 0 saturated heterocycles. The zero-order chi connectivity index (χ0) is 19.1. The van der Waals surface area contributed by atoms with Crippen LogP contribution < -0.4 is 5.73 Å². The van der Waals surface area contributed by atoms with Crippen LogP contribution in [0.15, 0.2) is 36.9 Å². The van der Waals surface area contributed by atoms with E-state index in [4.69, 9.17) is 5.73 Å². The number of nitrogens with zero attached hydrogens (tertiary/aromatic N) is 4. The third-order valence-electron chi connectivity index (χ3n) is 5.27. The zero-order valence-corrected chi connectivity index (χ0v) is 15.7. The number of benzene rings is 1. The number of imidazole rings is 1. The monoisotopic (exact) mass is 368 g/mol. The van der Waals surface area contributed by atoms with Crippen LogP contribution in [0.5, 0.6) is 0 Å². The van der Waals surface area contributed by atoms with E-state index in [0.29, 0.717) is 5.95 Å². The number of anilines is 1. The smallest absolute Gasteiger partial charge is 0.220 e. The van der Waals surface area contributed by atoms with E-state index in [2.05, 4.69) is 43.9 Å². The fraction of sp³-hybridized carbons (Fsp3) is 0.227. The molecule has 28 heavy (non-hydrogen) atoms. The van der Waals surface area contributed by atoms with Crippen LogP contribution in [-0.4, -0.2) is 24.5 Å². The molecule has 1 aliphatic carbocycles. The second kappa shape index (κ2) is 6.54. The lowest BCUT2D eigenvalue weighted by molar-refractivity contribution is 0.717. The highest BCUT2D eigenvalue weighted by Crippen LogP contribution is 2.36. The van der Waals surface area contributed by atoms with Crippen molar-refractivity contribution in [1.82, 2.24) is 24.5 Å². The molecule has 138 valence electrons. The van der Waals surface area contributed by atoms with Gasteiger partial charge in [0.2, 0.25) is 5.95 Å². The Bertz CT molecular complexity index is 1250. The van der Waals surface area contributed by atoms with Crippen molar-refractivity contribution in [1.29, 1.82) is 0 Å². The highest BCUT2D eigenvalue weighted by atomic mass is 15.0. The molecule has 0 bridgehead atoms. The van der Waals surface area contributed by atoms with E-state index >= 15 is 0 Å². The highest BCUT2D eigenvalue weighted by molar-refractivity contribution is 5.98. The minimum absolute atomic E-state index is 0.312. The van der Waals surface area contributed by atoms with Crippen LogP contribution in [0.1, 0.15) is 35.4 Å². The van der Waals surface area contributed by atoms with Gasteiger partial charge in [0.1, 0.15) is 5.69 Å². The van der Waals surface area contributed by atoms with Crippen molar-refractivity contribution < 1.29 is 0 Å². The molecule has 4 aromatic rings. The van der Waals surface area contributed by atoms with E-state index in [-0.39, 0.29) is 0 Å². The lowest BCUT2D eigenvalue weighted by Crippen LogP contribution is -2.05. The maximum atomic E-state index is 5.92. The van der Waals surface area contributed by atoms with Gasteiger partial charge < -0.3 is 15.3 Å². The van der Waals surface area contributed by atoms with Gasteiger partial charge in [0.15, 0.2) is 0 Å². The lowest BCUT2D eigenvalue weighted by atomic mass is 9.94. The van der Waals surface area contributed by atoms with E-state index < -0.39 is 0 Å². The molecule has 0 fully saturated rings. The molecule has 1 aromatic carbocycles. The van der Waals surface area contributed by atoms with E-state index in [1.807, 2.05) is 23.9 Å². The quantitative estimate of drug-likeness (QED) is 0.467. The molecule has 0 aliphatic heterocycles. The minimum atomic E-state index is 0.312. The van der Waals surface area contributed by atoms with Gasteiger partial charge in [-0.3, -0.25) is 0 Å². The number of nitrogens with two attached hydrogens (primary N) is 1. The molecule has 3 heterocycles. The minimum Gasteiger partial charge on any atom is -0.368 e. The van der Waals surface area contributed by atoms with Crippen LogP contribution in [0.25, 0.3) is 22.2 Å². The van der Waals surface area contributed by atoms with Crippen LogP contribution in [0.2, 0.25) is 0 Å². The largest absolute Gasteiger partial charge is 0.368 e. The SMILES string of the molecule is Cn1cncc1C#Cc1ccc2[nH]c3c(c2c1)-c1nc(N)ncc1CCCC3. The number of H-pyrrole nitrogens is 1. The molecule has 0 saturated carbocycles. The average Bonchev–Trinajstić information content (AvgIpc) is 3.25. The van der Waals surface area contributed by atoms with E-state index in [9.17, 15) is 0 Å². The van der Waals surface area contributed by atoms with Gasteiger partial charge in [0, 0.05) is 41.0 Å². The van der Waals surface area contributed by atoms with Gasteiger partial charge in [-0.25, -0.2) is 15.0 Å². The third-order valence-corrected chi connectivity index (χ3v) is 5.27. The summed E-state index contributed by atoms with van der Waals surface area (Å²) in [7, 11) is 1.94. The normalized spacial score (nSPS) is 13.2. The van der Waals surface area contributed by atoms with Gasteiger partial charge in [-0.2, -0.15) is 0 Å². The average molecular weight is 368 g/mol. The summed E-state index contributed by atoms with van der Waals surface area (Å²) < 4.78 is 1.91. The van der Waals surface area contributed by atoms with E-state index in [1.165, 1.54) is 5.69 Å². The van der Waals surface area contributed by atoms with Crippen LogP contribution in [0, 0.1) is 11.8 Å². The molecule has 0 amide bonds. The topological polar surface area (TPSA) is 85.4 Å². The van der Waals surface area contributed by atoms with Crippen LogP contribution in [-0.2, 0) is 19.9 Å². The first-order chi connectivity index (χ1) is 13.7. The van der Waals surface area contributed by atoms with Crippen molar-refractivity contribution in [2.45, 2.75) is 25.7 Å². The molecular weight excluding hydrogens is 348 g/mol. The van der Waals surface area contributed by atoms with Gasteiger partial charge in [0.05, 0.1) is 18.2 Å². The van der Waals surface area contributed by atoms with Gasteiger partial charge >= 0.3 is 0 Å². The Morgan fingerprint density at radius 3 is 2.89 bits per heavy atom. The number of aromatic amines is 1. The zero-order valence-electron chi connectivity index (χ0n) is 15.7. The molecule has 1 aliphatic rings. The predicted octanol–water partition coefficient (Wildman–Crippen LogP) is 3.22. The standard InChI is InChI=1S/C22H20N6/c1-28-13-24-12-16(28)8-6-14-7-9-18-17(10-14)20-19(26-18)5-3-2-4-15-11-25-22(23)27-21(15)20/h7,9-13,26H,2-5H2,1H3,(H2,23,25,27). The van der Waals surface area contributed by atoms with Crippen molar-refractivity contribution >= 4 is 16.9 Å². The second-order valence-electron chi connectivity index (χ2n) is 7.19. The molecule has 5 rings (SSSR count). The number of fused-ring (bicyclic) bond motifs is 5. The van der Waals surface area contributed by atoms with Crippen molar-refractivity contribution in [3.05, 3.63) is 59.4 Å². The first-order valence-corrected chi connectivity index (χ1v) is 9.44. The predicted molar refractivity (Wildman–Crippen MR) is 110 cm³/mol. The van der Waals surface area contributed by atoms with Gasteiger partial charge in [-0.1, -0.05) is 5.92 Å². The number of nitrogen functional groups attached to an aromatic ring is 1. The Labute approximate surface area is 162 Å². The van der Waals surface area contributed by atoms with Crippen molar-refractivity contribution in [2.24, 2.45) is 7.05 Å². The summed E-state index contributed by atoms with van der Waals surface area (Å²) in [6.07, 6.45) is 9.63. The molecular formula is C22H20N6. The van der Waals surface area contributed by atoms with Crippen molar-refractivity contribution in [2.75, 3.05) is 5.73 Å². The highest BCUT2D eigenvalue weighted by Gasteiger charge is 2.20. The second-order valence-corrected chi connectivity index (χ2v) is 7.19. The molecule has 6 heteroatoms. The van der Waals surface area contributed by atoms with Crippen molar-refractivity contribution in [3.8, 4) is 23.1 Å². The van der Waals surface area contributed by atoms with Crippen LogP contribution in [0.4, 0.5) is 5.95 Å². The van der Waals surface area contributed by atoms with Crippen LogP contribution >= 0.6 is 0 Å². The number of rotatable bonds is 0. The fourth-order valence-electron chi connectivity index (χ4n) is 3.83. The summed E-state index contributed by atoms with van der Waals surface area (Å²) in [5.41, 5.74) is 13.3. The van der Waals surface area contributed by atoms with Crippen LogP contribution in [0.3, 0.4) is 0 Å². The summed E-state index contributed by atoms with van der Waals surface area (Å²) in [5.74, 6) is 6.76. The van der Waals surface area contributed by atoms with E-state index in [1.54, 1.807) is 12.5 Å². The number of aryl methyl sites for hydroxylation is 3. The molecule has 3 N–H and O–H groups in total. The lowest BCUT2D eigenvalue weighted by Gasteiger charge is -2.14. The summed E-state index contributed by atoms with van der Waals surface area (Å²) in [6, 6.07) is 6.28. The molecule has 0 unspecified atom stereocenters. The first kappa shape index (κ1) is 16.6. The van der Waals surface area contributed by atoms with Gasteiger partial charge in [-0.05, 0) is 55.4 Å².